The van der Waals surface area contributed by atoms with E-state index in [9.17, 15) is 14.4 Å². The van der Waals surface area contributed by atoms with Gasteiger partial charge in [-0.1, -0.05) is 102 Å². The van der Waals surface area contributed by atoms with E-state index >= 15 is 0 Å². The number of aryl methyl sites for hydroxylation is 2. The summed E-state index contributed by atoms with van der Waals surface area (Å²) in [4.78, 5) is 45.9. The van der Waals surface area contributed by atoms with E-state index in [4.69, 9.17) is 0 Å². The summed E-state index contributed by atoms with van der Waals surface area (Å²) < 4.78 is 1.01. The molecule has 0 saturated heterocycles. The molecule has 1 aromatic heterocycles. The molecule has 7 nitrogen and oxygen atoms in total. The van der Waals surface area contributed by atoms with Gasteiger partial charge in [0, 0.05) is 16.1 Å². The van der Waals surface area contributed by atoms with Gasteiger partial charge in [0.15, 0.2) is 5.13 Å². The number of hydrogen-bond acceptors (Lipinski definition) is 6. The summed E-state index contributed by atoms with van der Waals surface area (Å²) in [6.07, 6.45) is 1.65. The quantitative estimate of drug-likeness (QED) is 0.100. The molecule has 0 radical (unpaired) electrons. The molecular weight excluding hydrogens is 637 g/mol. The molecule has 5 aromatic carbocycles. The van der Waals surface area contributed by atoms with E-state index < -0.39 is 17.1 Å². The summed E-state index contributed by atoms with van der Waals surface area (Å²) in [5, 5.41) is 8.68. The molecule has 3 N–H and O–H groups in total. The second-order valence-corrected chi connectivity index (χ2v) is 13.4. The maximum absolute atomic E-state index is 13.7. The Hall–Kier alpha value is -5.51. The highest BCUT2D eigenvalue weighted by atomic mass is 32.2. The Bertz CT molecular complexity index is 2130. The first kappa shape index (κ1) is 32.4. The van der Waals surface area contributed by atoms with Gasteiger partial charge in [0.1, 0.15) is 10.9 Å². The molecule has 1 unspecified atom stereocenters. The van der Waals surface area contributed by atoms with Crippen molar-refractivity contribution < 1.29 is 14.4 Å². The Morgan fingerprint density at radius 1 is 0.750 bits per heavy atom. The maximum atomic E-state index is 13.7. The molecule has 1 heterocycles. The number of nitrogens with one attached hydrogen (secondary N) is 3. The molecule has 0 spiro atoms. The lowest BCUT2D eigenvalue weighted by atomic mass is 10.1. The van der Waals surface area contributed by atoms with Crippen molar-refractivity contribution in [2.75, 3.05) is 10.6 Å². The number of aromatic nitrogens is 1. The van der Waals surface area contributed by atoms with E-state index in [1.165, 1.54) is 23.1 Å². The van der Waals surface area contributed by atoms with Crippen molar-refractivity contribution in [3.05, 3.63) is 161 Å². The fourth-order valence-corrected chi connectivity index (χ4v) is 7.06. The lowest BCUT2D eigenvalue weighted by Crippen LogP contribution is -2.30. The number of hydrogen-bond donors (Lipinski definition) is 3. The zero-order chi connectivity index (χ0) is 33.5. The van der Waals surface area contributed by atoms with Crippen molar-refractivity contribution in [3.63, 3.8) is 0 Å². The highest BCUT2D eigenvalue weighted by Gasteiger charge is 2.24. The number of carbonyl (C=O) groups excluding carboxylic acids is 3. The number of benzene rings is 5. The Morgan fingerprint density at radius 2 is 1.48 bits per heavy atom. The average Bonchev–Trinajstić information content (AvgIpc) is 3.49. The van der Waals surface area contributed by atoms with Gasteiger partial charge in [-0.25, -0.2) is 4.98 Å². The molecule has 0 aliphatic heterocycles. The van der Waals surface area contributed by atoms with E-state index in [0.29, 0.717) is 16.4 Å². The van der Waals surface area contributed by atoms with Gasteiger partial charge in [-0.05, 0) is 79.1 Å². The summed E-state index contributed by atoms with van der Waals surface area (Å²) in [5.74, 6) is -1.08. The summed E-state index contributed by atoms with van der Waals surface area (Å²) in [6.45, 7) is 3.99. The lowest BCUT2D eigenvalue weighted by molar-refractivity contribution is -0.116. The van der Waals surface area contributed by atoms with Crippen LogP contribution in [-0.4, -0.2) is 22.7 Å². The van der Waals surface area contributed by atoms with Crippen molar-refractivity contribution in [1.82, 2.24) is 10.3 Å². The van der Waals surface area contributed by atoms with Gasteiger partial charge in [0.2, 0.25) is 5.91 Å². The van der Waals surface area contributed by atoms with Gasteiger partial charge in [-0.3, -0.25) is 14.4 Å². The Balaban J connectivity index is 1.23. The molecule has 3 amide bonds. The number of rotatable bonds is 10. The van der Waals surface area contributed by atoms with E-state index in [0.717, 1.165) is 37.4 Å². The molecule has 0 aliphatic carbocycles. The van der Waals surface area contributed by atoms with Crippen LogP contribution in [0, 0.1) is 13.8 Å². The van der Waals surface area contributed by atoms with Crippen LogP contribution in [0.15, 0.2) is 138 Å². The third-order valence-electron chi connectivity index (χ3n) is 7.34. The van der Waals surface area contributed by atoms with Crippen molar-refractivity contribution in [2.45, 2.75) is 24.0 Å². The molecule has 1 atom stereocenters. The lowest BCUT2D eigenvalue weighted by Gasteiger charge is -2.17. The second kappa shape index (κ2) is 14.9. The zero-order valence-electron chi connectivity index (χ0n) is 26.3. The number of fused-ring (bicyclic) bond motifs is 1. The number of thiazole rings is 1. The maximum Gasteiger partial charge on any atom is 0.272 e. The Kier molecular flexibility index (Phi) is 10.1. The first-order chi connectivity index (χ1) is 23.3. The van der Waals surface area contributed by atoms with Gasteiger partial charge in [0.05, 0.1) is 10.2 Å². The van der Waals surface area contributed by atoms with Crippen LogP contribution in [-0.2, 0) is 9.59 Å². The van der Waals surface area contributed by atoms with Crippen LogP contribution < -0.4 is 16.0 Å². The fourth-order valence-electron chi connectivity index (χ4n) is 5.01. The number of carbonyl (C=O) groups is 3. The zero-order valence-corrected chi connectivity index (χ0v) is 27.9. The molecule has 0 bridgehead atoms. The highest BCUT2D eigenvalue weighted by Crippen LogP contribution is 2.38. The number of nitrogens with zero attached hydrogens (tertiary/aromatic N) is 1. The highest BCUT2D eigenvalue weighted by molar-refractivity contribution is 8.00. The first-order valence-electron chi connectivity index (χ1n) is 15.3. The molecule has 238 valence electrons. The normalized spacial score (nSPS) is 11.9. The minimum Gasteiger partial charge on any atom is -0.321 e. The molecule has 6 aromatic rings. The van der Waals surface area contributed by atoms with Crippen molar-refractivity contribution in [2.24, 2.45) is 0 Å². The van der Waals surface area contributed by atoms with Crippen molar-refractivity contribution >= 4 is 67.9 Å². The van der Waals surface area contributed by atoms with Crippen LogP contribution in [0.4, 0.5) is 10.8 Å². The first-order valence-corrected chi connectivity index (χ1v) is 17.0. The average molecular weight is 669 g/mol. The van der Waals surface area contributed by atoms with E-state index in [1.807, 2.05) is 105 Å². The van der Waals surface area contributed by atoms with E-state index in [2.05, 4.69) is 27.0 Å². The largest absolute Gasteiger partial charge is 0.321 e. The predicted octanol–water partition coefficient (Wildman–Crippen LogP) is 8.79. The summed E-state index contributed by atoms with van der Waals surface area (Å²) in [7, 11) is 0. The van der Waals surface area contributed by atoms with E-state index in [1.54, 1.807) is 36.4 Å². The van der Waals surface area contributed by atoms with Crippen LogP contribution in [0.3, 0.4) is 0 Å². The van der Waals surface area contributed by atoms with Gasteiger partial charge in [0.25, 0.3) is 11.8 Å². The number of amides is 3. The van der Waals surface area contributed by atoms with Crippen LogP contribution >= 0.6 is 23.1 Å². The van der Waals surface area contributed by atoms with Gasteiger partial charge in [-0.2, -0.15) is 0 Å². The van der Waals surface area contributed by atoms with Gasteiger partial charge >= 0.3 is 0 Å². The Labute approximate surface area is 287 Å². The second-order valence-electron chi connectivity index (χ2n) is 11.2. The van der Waals surface area contributed by atoms with Crippen LogP contribution in [0.25, 0.3) is 16.3 Å². The molecular formula is C39H32N4O3S2. The SMILES string of the molecule is Cc1cccc(/C=C(/NC(=O)c2ccccc2)C(=O)Nc2cccc(SC(C(=O)Nc3nc4ccc(C)cc4s3)c3ccccc3)c2)c1. The van der Waals surface area contributed by atoms with Gasteiger partial charge in [-0.15, -0.1) is 11.8 Å². The van der Waals surface area contributed by atoms with E-state index in [-0.39, 0.29) is 11.6 Å². The third kappa shape index (κ3) is 8.25. The van der Waals surface area contributed by atoms with Crippen LogP contribution in [0.5, 0.6) is 0 Å². The molecule has 48 heavy (non-hydrogen) atoms. The Morgan fingerprint density at radius 3 is 2.25 bits per heavy atom. The standard InChI is InChI=1S/C39H32N4O3S2/c1-25-11-9-12-27(21-25)23-33(41-36(44)29-15-7-4-8-16-29)37(45)40-30-17-10-18-31(24-30)47-35(28-13-5-3-6-14-28)38(46)43-39-42-32-20-19-26(2)22-34(32)48-39/h3-24,35H,1-2H3,(H,40,45)(H,41,44)(H,42,43,46)/b33-23+. The smallest absolute Gasteiger partial charge is 0.272 e. The van der Waals surface area contributed by atoms with Crippen molar-refractivity contribution in [3.8, 4) is 0 Å². The predicted molar refractivity (Wildman–Crippen MR) is 196 cm³/mol. The number of anilines is 2. The summed E-state index contributed by atoms with van der Waals surface area (Å²) in [5.41, 5.74) is 5.65. The summed E-state index contributed by atoms with van der Waals surface area (Å²) >= 11 is 2.81. The third-order valence-corrected chi connectivity index (χ3v) is 9.52. The minimum atomic E-state index is -0.590. The molecule has 6 rings (SSSR count). The van der Waals surface area contributed by atoms with Gasteiger partial charge < -0.3 is 16.0 Å². The summed E-state index contributed by atoms with van der Waals surface area (Å²) in [6, 6.07) is 39.3. The number of thioether (sulfide) groups is 1. The molecule has 0 saturated carbocycles. The minimum absolute atomic E-state index is 0.0973. The monoisotopic (exact) mass is 668 g/mol. The fraction of sp³-hybridized carbons (Fsp3) is 0.0769. The van der Waals surface area contributed by atoms with Crippen LogP contribution in [0.1, 0.15) is 37.9 Å². The van der Waals surface area contributed by atoms with Crippen molar-refractivity contribution in [1.29, 1.82) is 0 Å². The molecule has 9 heteroatoms. The molecule has 0 aliphatic rings. The topological polar surface area (TPSA) is 100 Å². The molecule has 0 fully saturated rings. The van der Waals surface area contributed by atoms with Crippen LogP contribution in [0.2, 0.25) is 0 Å².